The summed E-state index contributed by atoms with van der Waals surface area (Å²) < 4.78 is 4.99. The van der Waals surface area contributed by atoms with E-state index in [9.17, 15) is 4.79 Å². The standard InChI is InChI=1S/C16H23NO2/c1-3-14(13-8-5-4-6-9-13)15-10-7-11-17(15)16(18)12-19-2/h4-6,8-9,14-15H,3,7,10-12H2,1-2H3. The van der Waals surface area contributed by atoms with Gasteiger partial charge in [0.25, 0.3) is 0 Å². The highest BCUT2D eigenvalue weighted by atomic mass is 16.5. The Balaban J connectivity index is 2.15. The van der Waals surface area contributed by atoms with Crippen LogP contribution in [-0.4, -0.2) is 37.1 Å². The predicted octanol–water partition coefficient (Wildman–Crippen LogP) is 2.82. The molecule has 104 valence electrons. The number of carbonyl (C=O) groups excluding carboxylic acids is 1. The first-order valence-electron chi connectivity index (χ1n) is 7.11. The summed E-state index contributed by atoms with van der Waals surface area (Å²) in [6, 6.07) is 10.9. The van der Waals surface area contributed by atoms with Crippen LogP contribution in [0, 0.1) is 0 Å². The van der Waals surface area contributed by atoms with Gasteiger partial charge >= 0.3 is 0 Å². The molecule has 3 heteroatoms. The van der Waals surface area contributed by atoms with Gasteiger partial charge in [-0.1, -0.05) is 37.3 Å². The van der Waals surface area contributed by atoms with E-state index in [0.717, 1.165) is 25.8 Å². The van der Waals surface area contributed by atoms with Crippen LogP contribution in [0.5, 0.6) is 0 Å². The molecule has 0 saturated carbocycles. The highest BCUT2D eigenvalue weighted by Crippen LogP contribution is 2.33. The van der Waals surface area contributed by atoms with Gasteiger partial charge in [0.2, 0.25) is 5.91 Å². The fraction of sp³-hybridized carbons (Fsp3) is 0.562. The third kappa shape index (κ3) is 3.16. The normalized spacial score (nSPS) is 20.5. The van der Waals surface area contributed by atoms with Crippen molar-refractivity contribution in [1.82, 2.24) is 4.90 Å². The topological polar surface area (TPSA) is 29.5 Å². The maximum absolute atomic E-state index is 12.1. The lowest BCUT2D eigenvalue weighted by atomic mass is 9.87. The molecule has 2 atom stereocenters. The van der Waals surface area contributed by atoms with Gasteiger partial charge in [-0.2, -0.15) is 0 Å². The molecule has 0 radical (unpaired) electrons. The SMILES string of the molecule is CCC(c1ccccc1)C1CCCN1C(=O)COC. The zero-order valence-electron chi connectivity index (χ0n) is 11.8. The van der Waals surface area contributed by atoms with E-state index in [1.165, 1.54) is 5.56 Å². The van der Waals surface area contributed by atoms with Crippen molar-refractivity contribution in [3.8, 4) is 0 Å². The van der Waals surface area contributed by atoms with Crippen molar-refractivity contribution in [3.05, 3.63) is 35.9 Å². The summed E-state index contributed by atoms with van der Waals surface area (Å²) in [5.41, 5.74) is 1.34. The first-order chi connectivity index (χ1) is 9.27. The molecule has 0 N–H and O–H groups in total. The number of benzene rings is 1. The number of amides is 1. The molecule has 0 aliphatic carbocycles. The van der Waals surface area contributed by atoms with Gasteiger partial charge < -0.3 is 9.64 Å². The predicted molar refractivity (Wildman–Crippen MR) is 76.1 cm³/mol. The second kappa shape index (κ2) is 6.71. The number of carbonyl (C=O) groups is 1. The molecule has 1 heterocycles. The first kappa shape index (κ1) is 14.1. The van der Waals surface area contributed by atoms with Crippen LogP contribution in [0.25, 0.3) is 0 Å². The minimum absolute atomic E-state index is 0.124. The molecule has 3 nitrogen and oxygen atoms in total. The Labute approximate surface area is 115 Å². The summed E-state index contributed by atoms with van der Waals surface area (Å²) in [7, 11) is 1.58. The third-order valence-corrected chi connectivity index (χ3v) is 4.02. The van der Waals surface area contributed by atoms with Gasteiger partial charge in [0.15, 0.2) is 0 Å². The van der Waals surface area contributed by atoms with E-state index in [4.69, 9.17) is 4.74 Å². The quantitative estimate of drug-likeness (QED) is 0.815. The molecule has 19 heavy (non-hydrogen) atoms. The maximum Gasteiger partial charge on any atom is 0.248 e. The zero-order chi connectivity index (χ0) is 13.7. The average Bonchev–Trinajstić information content (AvgIpc) is 2.90. The summed E-state index contributed by atoms with van der Waals surface area (Å²) >= 11 is 0. The van der Waals surface area contributed by atoms with Crippen molar-refractivity contribution >= 4 is 5.91 Å². The third-order valence-electron chi connectivity index (χ3n) is 4.02. The van der Waals surface area contributed by atoms with E-state index in [0.29, 0.717) is 12.0 Å². The van der Waals surface area contributed by atoms with Gasteiger partial charge in [0.1, 0.15) is 6.61 Å². The lowest BCUT2D eigenvalue weighted by Crippen LogP contribution is -2.40. The molecular formula is C16H23NO2. The number of rotatable bonds is 5. The van der Waals surface area contributed by atoms with Crippen molar-refractivity contribution in [1.29, 1.82) is 0 Å². The summed E-state index contributed by atoms with van der Waals surface area (Å²) in [5, 5.41) is 0. The van der Waals surface area contributed by atoms with E-state index in [1.807, 2.05) is 11.0 Å². The molecular weight excluding hydrogens is 238 g/mol. The minimum atomic E-state index is 0.124. The van der Waals surface area contributed by atoms with Crippen molar-refractivity contribution < 1.29 is 9.53 Å². The van der Waals surface area contributed by atoms with E-state index in [1.54, 1.807) is 7.11 Å². The molecule has 1 aliphatic rings. The molecule has 1 aromatic carbocycles. The van der Waals surface area contributed by atoms with E-state index in [2.05, 4.69) is 31.2 Å². The van der Waals surface area contributed by atoms with Crippen LogP contribution in [-0.2, 0) is 9.53 Å². The van der Waals surface area contributed by atoms with Crippen LogP contribution in [0.4, 0.5) is 0 Å². The Hall–Kier alpha value is -1.35. The number of hydrogen-bond donors (Lipinski definition) is 0. The monoisotopic (exact) mass is 261 g/mol. The van der Waals surface area contributed by atoms with Gasteiger partial charge in [-0.15, -0.1) is 0 Å². The van der Waals surface area contributed by atoms with E-state index in [-0.39, 0.29) is 12.5 Å². The van der Waals surface area contributed by atoms with E-state index >= 15 is 0 Å². The Kier molecular flexibility index (Phi) is 4.97. The summed E-state index contributed by atoms with van der Waals surface area (Å²) in [5.74, 6) is 0.559. The van der Waals surface area contributed by atoms with Crippen molar-refractivity contribution in [2.24, 2.45) is 0 Å². The molecule has 1 aliphatic heterocycles. The minimum Gasteiger partial charge on any atom is -0.375 e. The molecule has 0 spiro atoms. The molecule has 2 rings (SSSR count). The lowest BCUT2D eigenvalue weighted by molar-refractivity contribution is -0.136. The Bertz CT molecular complexity index is 404. The summed E-state index contributed by atoms with van der Waals surface area (Å²) in [6.45, 7) is 3.27. The van der Waals surface area contributed by atoms with Gasteiger partial charge in [-0.3, -0.25) is 4.79 Å². The fourth-order valence-corrected chi connectivity index (χ4v) is 3.16. The Morgan fingerprint density at radius 2 is 2.16 bits per heavy atom. The first-order valence-corrected chi connectivity index (χ1v) is 7.11. The number of nitrogens with zero attached hydrogens (tertiary/aromatic N) is 1. The molecule has 0 aromatic heterocycles. The van der Waals surface area contributed by atoms with Crippen LogP contribution in [0.2, 0.25) is 0 Å². The van der Waals surface area contributed by atoms with Crippen molar-refractivity contribution in [2.45, 2.75) is 38.1 Å². The largest absolute Gasteiger partial charge is 0.375 e. The fourth-order valence-electron chi connectivity index (χ4n) is 3.16. The molecule has 1 fully saturated rings. The highest BCUT2D eigenvalue weighted by Gasteiger charge is 2.34. The Morgan fingerprint density at radius 1 is 1.42 bits per heavy atom. The lowest BCUT2D eigenvalue weighted by Gasteiger charge is -2.31. The van der Waals surface area contributed by atoms with Crippen molar-refractivity contribution in [2.75, 3.05) is 20.3 Å². The van der Waals surface area contributed by atoms with Crippen LogP contribution in [0.15, 0.2) is 30.3 Å². The van der Waals surface area contributed by atoms with Crippen molar-refractivity contribution in [3.63, 3.8) is 0 Å². The second-order valence-corrected chi connectivity index (χ2v) is 5.16. The number of likely N-dealkylation sites (tertiary alicyclic amines) is 1. The maximum atomic E-state index is 12.1. The summed E-state index contributed by atoms with van der Waals surface area (Å²) in [6.07, 6.45) is 3.26. The van der Waals surface area contributed by atoms with Gasteiger partial charge in [-0.05, 0) is 24.8 Å². The molecule has 0 bridgehead atoms. The number of methoxy groups -OCH3 is 1. The number of ether oxygens (including phenoxy) is 1. The Morgan fingerprint density at radius 3 is 2.79 bits per heavy atom. The number of hydrogen-bond acceptors (Lipinski definition) is 2. The van der Waals surface area contributed by atoms with Crippen LogP contribution < -0.4 is 0 Å². The molecule has 1 saturated heterocycles. The van der Waals surface area contributed by atoms with Crippen LogP contribution in [0.1, 0.15) is 37.7 Å². The second-order valence-electron chi connectivity index (χ2n) is 5.16. The average molecular weight is 261 g/mol. The van der Waals surface area contributed by atoms with Crippen LogP contribution in [0.3, 0.4) is 0 Å². The van der Waals surface area contributed by atoms with Gasteiger partial charge in [0.05, 0.1) is 0 Å². The van der Waals surface area contributed by atoms with Gasteiger partial charge in [-0.25, -0.2) is 0 Å². The molecule has 2 unspecified atom stereocenters. The van der Waals surface area contributed by atoms with E-state index < -0.39 is 0 Å². The molecule has 1 aromatic rings. The smallest absolute Gasteiger partial charge is 0.248 e. The van der Waals surface area contributed by atoms with Crippen LogP contribution >= 0.6 is 0 Å². The molecule has 1 amide bonds. The van der Waals surface area contributed by atoms with Gasteiger partial charge in [0, 0.05) is 25.6 Å². The zero-order valence-corrected chi connectivity index (χ0v) is 11.8. The highest BCUT2D eigenvalue weighted by molar-refractivity contribution is 5.78. The summed E-state index contributed by atoms with van der Waals surface area (Å²) in [4.78, 5) is 14.1.